The zero-order valence-corrected chi connectivity index (χ0v) is 19.4. The van der Waals surface area contributed by atoms with Crippen molar-refractivity contribution < 1.29 is 4.74 Å². The normalized spacial score (nSPS) is 22.6. The number of rotatable bonds is 5. The van der Waals surface area contributed by atoms with Gasteiger partial charge in [0, 0.05) is 37.6 Å². The van der Waals surface area contributed by atoms with Crippen LogP contribution in [0.1, 0.15) is 17.4 Å². The number of hydrogen-bond acceptors (Lipinski definition) is 4. The first-order valence-corrected chi connectivity index (χ1v) is 10.7. The maximum Gasteiger partial charge on any atom is 0.194 e. The fraction of sp³-hybridized carbons (Fsp3) is 0.476. The van der Waals surface area contributed by atoms with E-state index in [2.05, 4.69) is 69.9 Å². The standard InChI is InChI=1S/C21H28N4OS.HI/c1-2-22-21(23-13-18-9-6-12-27-18)25-15-19-20(16-25)26-11-10-24(19)14-17-7-4-3-5-8-17;/h3-9,12,19-20H,2,10-11,13-16H2,1H3,(H,22,23);1H. The van der Waals surface area contributed by atoms with Gasteiger partial charge in [-0.3, -0.25) is 4.90 Å². The number of halogens is 1. The van der Waals surface area contributed by atoms with Gasteiger partial charge in [-0.05, 0) is 23.9 Å². The zero-order chi connectivity index (χ0) is 18.5. The quantitative estimate of drug-likeness (QED) is 0.379. The van der Waals surface area contributed by atoms with E-state index in [0.29, 0.717) is 6.04 Å². The first-order chi connectivity index (χ1) is 13.3. The Labute approximate surface area is 188 Å². The van der Waals surface area contributed by atoms with Crippen molar-refractivity contribution in [2.24, 2.45) is 4.99 Å². The van der Waals surface area contributed by atoms with E-state index in [9.17, 15) is 0 Å². The van der Waals surface area contributed by atoms with Crippen LogP contribution in [0.25, 0.3) is 0 Å². The van der Waals surface area contributed by atoms with E-state index in [1.165, 1.54) is 10.4 Å². The van der Waals surface area contributed by atoms with Crippen molar-refractivity contribution >= 4 is 41.3 Å². The molecular weight excluding hydrogens is 483 g/mol. The van der Waals surface area contributed by atoms with Gasteiger partial charge in [0.1, 0.15) is 0 Å². The topological polar surface area (TPSA) is 40.1 Å². The van der Waals surface area contributed by atoms with E-state index >= 15 is 0 Å². The molecule has 2 aromatic rings. The van der Waals surface area contributed by atoms with Gasteiger partial charge < -0.3 is 15.0 Å². The molecule has 0 saturated carbocycles. The highest BCUT2D eigenvalue weighted by Gasteiger charge is 2.41. The highest BCUT2D eigenvalue weighted by molar-refractivity contribution is 14.0. The van der Waals surface area contributed by atoms with Crippen LogP contribution in [-0.2, 0) is 17.8 Å². The Morgan fingerprint density at radius 1 is 1.21 bits per heavy atom. The molecule has 7 heteroatoms. The number of nitrogens with zero attached hydrogens (tertiary/aromatic N) is 3. The fourth-order valence-corrected chi connectivity index (χ4v) is 4.55. The number of fused-ring (bicyclic) bond motifs is 1. The molecule has 2 aliphatic rings. The van der Waals surface area contributed by atoms with E-state index in [4.69, 9.17) is 9.73 Å². The molecule has 4 rings (SSSR count). The Bertz CT molecular complexity index is 740. The molecule has 2 unspecified atom stereocenters. The number of nitrogens with one attached hydrogen (secondary N) is 1. The van der Waals surface area contributed by atoms with Crippen molar-refractivity contribution in [1.29, 1.82) is 0 Å². The summed E-state index contributed by atoms with van der Waals surface area (Å²) < 4.78 is 6.11. The molecule has 2 aliphatic heterocycles. The van der Waals surface area contributed by atoms with Crippen LogP contribution in [0.4, 0.5) is 0 Å². The van der Waals surface area contributed by atoms with Gasteiger partial charge in [-0.25, -0.2) is 4.99 Å². The Kier molecular flexibility index (Phi) is 8.13. The molecule has 0 radical (unpaired) electrons. The van der Waals surface area contributed by atoms with Gasteiger partial charge in [0.2, 0.25) is 0 Å². The van der Waals surface area contributed by atoms with E-state index in [1.54, 1.807) is 11.3 Å². The third-order valence-electron chi connectivity index (χ3n) is 5.24. The molecule has 152 valence electrons. The van der Waals surface area contributed by atoms with Crippen molar-refractivity contribution in [3.63, 3.8) is 0 Å². The van der Waals surface area contributed by atoms with Gasteiger partial charge in [-0.15, -0.1) is 35.3 Å². The minimum atomic E-state index is 0. The molecule has 1 aromatic carbocycles. The lowest BCUT2D eigenvalue weighted by Gasteiger charge is -2.36. The Balaban J connectivity index is 0.00000225. The van der Waals surface area contributed by atoms with Crippen LogP contribution in [0.2, 0.25) is 0 Å². The second-order valence-electron chi connectivity index (χ2n) is 7.09. The molecule has 2 saturated heterocycles. The van der Waals surface area contributed by atoms with Crippen molar-refractivity contribution in [3.8, 4) is 0 Å². The average molecular weight is 512 g/mol. The lowest BCUT2D eigenvalue weighted by Crippen LogP contribution is -2.50. The predicted octanol–water partition coefficient (Wildman–Crippen LogP) is 3.42. The maximum absolute atomic E-state index is 6.11. The second-order valence-corrected chi connectivity index (χ2v) is 8.12. The number of ether oxygens (including phenoxy) is 1. The summed E-state index contributed by atoms with van der Waals surface area (Å²) in [6.07, 6.45) is 0.257. The zero-order valence-electron chi connectivity index (χ0n) is 16.3. The summed E-state index contributed by atoms with van der Waals surface area (Å²) >= 11 is 1.76. The molecule has 0 aliphatic carbocycles. The molecular formula is C21H29IN4OS. The number of guanidine groups is 1. The third-order valence-corrected chi connectivity index (χ3v) is 6.11. The van der Waals surface area contributed by atoms with Gasteiger partial charge in [-0.2, -0.15) is 0 Å². The number of aliphatic imine (C=N–C) groups is 1. The summed E-state index contributed by atoms with van der Waals surface area (Å²) in [5.74, 6) is 1.00. The van der Waals surface area contributed by atoms with Crippen LogP contribution in [0.3, 0.4) is 0 Å². The minimum Gasteiger partial charge on any atom is -0.373 e. The summed E-state index contributed by atoms with van der Waals surface area (Å²) in [6, 6.07) is 15.4. The molecule has 0 spiro atoms. The predicted molar refractivity (Wildman–Crippen MR) is 127 cm³/mol. The molecule has 1 N–H and O–H groups in total. The lowest BCUT2D eigenvalue weighted by molar-refractivity contribution is -0.0502. The third kappa shape index (κ3) is 5.25. The number of morpholine rings is 1. The molecule has 0 amide bonds. The van der Waals surface area contributed by atoms with Gasteiger partial charge in [0.15, 0.2) is 5.96 Å². The van der Waals surface area contributed by atoms with Crippen LogP contribution >= 0.6 is 35.3 Å². The van der Waals surface area contributed by atoms with Crippen molar-refractivity contribution in [3.05, 3.63) is 58.3 Å². The van der Waals surface area contributed by atoms with Crippen LogP contribution < -0.4 is 5.32 Å². The number of hydrogen-bond donors (Lipinski definition) is 1. The summed E-state index contributed by atoms with van der Waals surface area (Å²) in [5, 5.41) is 5.58. The molecule has 3 heterocycles. The molecule has 2 atom stereocenters. The molecule has 1 aromatic heterocycles. The van der Waals surface area contributed by atoms with Crippen LogP contribution in [0, 0.1) is 0 Å². The Hall–Kier alpha value is -1.16. The van der Waals surface area contributed by atoms with E-state index in [-0.39, 0.29) is 30.1 Å². The van der Waals surface area contributed by atoms with E-state index in [1.807, 2.05) is 0 Å². The first kappa shape index (κ1) is 21.5. The first-order valence-electron chi connectivity index (χ1n) is 9.78. The largest absolute Gasteiger partial charge is 0.373 e. The van der Waals surface area contributed by atoms with Gasteiger partial charge in [-0.1, -0.05) is 36.4 Å². The van der Waals surface area contributed by atoms with Gasteiger partial charge in [0.25, 0.3) is 0 Å². The van der Waals surface area contributed by atoms with Gasteiger partial charge >= 0.3 is 0 Å². The number of thiophene rings is 1. The summed E-state index contributed by atoms with van der Waals surface area (Å²) in [5.41, 5.74) is 1.37. The Morgan fingerprint density at radius 2 is 2.07 bits per heavy atom. The number of benzene rings is 1. The van der Waals surface area contributed by atoms with Crippen LogP contribution in [0.5, 0.6) is 0 Å². The van der Waals surface area contributed by atoms with E-state index in [0.717, 1.165) is 51.8 Å². The van der Waals surface area contributed by atoms with Crippen LogP contribution in [-0.4, -0.2) is 60.7 Å². The minimum absolute atomic E-state index is 0. The molecule has 5 nitrogen and oxygen atoms in total. The van der Waals surface area contributed by atoms with Gasteiger partial charge in [0.05, 0.1) is 25.3 Å². The lowest BCUT2D eigenvalue weighted by atomic mass is 10.1. The average Bonchev–Trinajstić information content (AvgIpc) is 3.36. The molecule has 2 fully saturated rings. The summed E-state index contributed by atoms with van der Waals surface area (Å²) in [7, 11) is 0. The summed E-state index contributed by atoms with van der Waals surface area (Å²) in [4.78, 5) is 11.1. The smallest absolute Gasteiger partial charge is 0.194 e. The van der Waals surface area contributed by atoms with Crippen molar-refractivity contribution in [2.75, 3.05) is 32.8 Å². The van der Waals surface area contributed by atoms with Crippen LogP contribution in [0.15, 0.2) is 52.8 Å². The second kappa shape index (κ2) is 10.6. The Morgan fingerprint density at radius 3 is 2.82 bits per heavy atom. The highest BCUT2D eigenvalue weighted by atomic mass is 127. The highest BCUT2D eigenvalue weighted by Crippen LogP contribution is 2.25. The summed E-state index contributed by atoms with van der Waals surface area (Å²) in [6.45, 7) is 8.41. The maximum atomic E-state index is 6.11. The molecule has 0 bridgehead atoms. The molecule has 28 heavy (non-hydrogen) atoms. The number of likely N-dealkylation sites (tertiary alicyclic amines) is 1. The monoisotopic (exact) mass is 512 g/mol. The van der Waals surface area contributed by atoms with Crippen molar-refractivity contribution in [2.45, 2.75) is 32.2 Å². The SMILES string of the molecule is CCNC(=NCc1cccs1)N1CC2OCCN(Cc3ccccc3)C2C1.I. The fourth-order valence-electron chi connectivity index (χ4n) is 3.93. The van der Waals surface area contributed by atoms with Crippen molar-refractivity contribution in [1.82, 2.24) is 15.1 Å². The van der Waals surface area contributed by atoms with E-state index < -0.39 is 0 Å².